The molecule has 1 N–H and O–H groups in total. The number of hydrogen-bond acceptors (Lipinski definition) is 13. The highest BCUT2D eigenvalue weighted by Gasteiger charge is 2.59. The summed E-state index contributed by atoms with van der Waals surface area (Å²) < 4.78 is 29.8. The topological polar surface area (TPSA) is 170 Å². The lowest BCUT2D eigenvalue weighted by atomic mass is 9.89. The highest BCUT2D eigenvalue weighted by atomic mass is 35.6. The van der Waals surface area contributed by atoms with Crippen molar-refractivity contribution >= 4 is 82.3 Å². The lowest BCUT2D eigenvalue weighted by Gasteiger charge is -2.48. The summed E-state index contributed by atoms with van der Waals surface area (Å²) in [5.74, 6) is -5.12. The van der Waals surface area contributed by atoms with E-state index in [1.54, 1.807) is 6.92 Å². The average molecular weight is 639 g/mol. The van der Waals surface area contributed by atoms with Gasteiger partial charge in [-0.05, 0) is 5.75 Å². The Morgan fingerprint density at radius 2 is 1.59 bits per heavy atom. The van der Waals surface area contributed by atoms with Crippen LogP contribution in [0.5, 0.6) is 0 Å². The molecule has 1 aliphatic heterocycles. The fourth-order valence-corrected chi connectivity index (χ4v) is 5.07. The Labute approximate surface area is 244 Å². The number of thioether (sulfide) groups is 1. The normalized spacial score (nSPS) is 24.4. The van der Waals surface area contributed by atoms with Gasteiger partial charge >= 0.3 is 29.8 Å². The van der Waals surface area contributed by atoms with Crippen LogP contribution in [0.1, 0.15) is 41.0 Å². The van der Waals surface area contributed by atoms with Crippen LogP contribution in [-0.4, -0.2) is 94.4 Å². The molecule has 0 bridgehead atoms. The number of ether oxygens (including phenoxy) is 6. The van der Waals surface area contributed by atoms with Gasteiger partial charge in [-0.1, -0.05) is 41.7 Å². The van der Waals surface area contributed by atoms with Crippen LogP contribution in [0.3, 0.4) is 0 Å². The molecule has 1 rings (SSSR count). The molecular weight excluding hydrogens is 609 g/mol. The largest absolute Gasteiger partial charge is 0.466 e. The van der Waals surface area contributed by atoms with E-state index in [4.69, 9.17) is 63.2 Å². The van der Waals surface area contributed by atoms with E-state index in [9.17, 15) is 28.8 Å². The minimum atomic E-state index is -2.50. The third-order valence-electron chi connectivity index (χ3n) is 5.06. The minimum Gasteiger partial charge on any atom is -0.466 e. The second kappa shape index (κ2) is 15.1. The Bertz CT molecular complexity index is 946. The maximum atomic E-state index is 13.0. The Hall–Kier alpha value is -2.00. The van der Waals surface area contributed by atoms with Crippen molar-refractivity contribution in [3.8, 4) is 0 Å². The molecule has 1 heterocycles. The lowest BCUT2D eigenvalue weighted by Crippen LogP contribution is -2.68. The molecule has 1 amide bonds. The molecule has 0 aromatic carbocycles. The Balaban J connectivity index is 3.88. The molecule has 0 aromatic heterocycles. The first-order chi connectivity index (χ1) is 18.0. The molecule has 0 aromatic rings. The van der Waals surface area contributed by atoms with E-state index in [0.717, 1.165) is 46.6 Å². The maximum absolute atomic E-state index is 13.0. The molecule has 1 saturated heterocycles. The summed E-state index contributed by atoms with van der Waals surface area (Å²) in [5, 5.41) is 2.39. The van der Waals surface area contributed by atoms with Crippen molar-refractivity contribution in [3.63, 3.8) is 0 Å². The summed E-state index contributed by atoms with van der Waals surface area (Å²) in [6.07, 6.45) is -6.51. The third-order valence-corrected chi connectivity index (χ3v) is 6.76. The standard InChI is InChI=1S/C22H30Cl3NO12S/c1-7-39-21(20(32)33-6)8-14(35-11(3)28)16(26-19(31)22(23,24)25)18(38-21)17(37-13(5)30)15(36-12(4)29)9-34-10(2)27/h14-18H,7-9H2,1-6H3,(H,26,31)/t14-,15+,16+,17+,18+,21-/m0/s1. The van der Waals surface area contributed by atoms with Gasteiger partial charge in [-0.2, -0.15) is 0 Å². The first-order valence-corrected chi connectivity index (χ1v) is 13.5. The van der Waals surface area contributed by atoms with Gasteiger partial charge < -0.3 is 33.7 Å². The molecular formula is C22H30Cl3NO12S. The highest BCUT2D eigenvalue weighted by molar-refractivity contribution is 8.01. The third kappa shape index (κ3) is 10.5. The SMILES string of the molecule is CCS[C@]1(C(=O)OC)C[C@H](OC(C)=O)[C@@H](NC(=O)C(Cl)(Cl)Cl)[C@H]([C@H](OC(C)=O)[C@@H](COC(C)=O)OC(C)=O)O1. The fraction of sp³-hybridized carbons (Fsp3) is 0.727. The molecule has 222 valence electrons. The van der Waals surface area contributed by atoms with E-state index in [-0.39, 0.29) is 6.42 Å². The van der Waals surface area contributed by atoms with Crippen molar-refractivity contribution in [1.29, 1.82) is 0 Å². The van der Waals surface area contributed by atoms with E-state index >= 15 is 0 Å². The number of hydrogen-bond donors (Lipinski definition) is 1. The smallest absolute Gasteiger partial charge is 0.348 e. The van der Waals surface area contributed by atoms with Gasteiger partial charge in [0.05, 0.1) is 13.2 Å². The van der Waals surface area contributed by atoms with E-state index in [1.165, 1.54) is 0 Å². The molecule has 0 unspecified atom stereocenters. The van der Waals surface area contributed by atoms with Gasteiger partial charge in [-0.25, -0.2) is 4.79 Å². The summed E-state index contributed by atoms with van der Waals surface area (Å²) in [6, 6.07) is -1.45. The monoisotopic (exact) mass is 637 g/mol. The molecule has 0 saturated carbocycles. The van der Waals surface area contributed by atoms with Gasteiger partial charge in [0, 0.05) is 34.1 Å². The molecule has 0 aliphatic carbocycles. The zero-order chi connectivity index (χ0) is 30.1. The number of carbonyl (C=O) groups is 6. The molecule has 6 atom stereocenters. The number of methoxy groups -OCH3 is 1. The van der Waals surface area contributed by atoms with E-state index in [1.807, 2.05) is 0 Å². The molecule has 1 fully saturated rings. The number of halogens is 3. The molecule has 0 radical (unpaired) electrons. The number of alkyl halides is 3. The second-order valence-electron chi connectivity index (χ2n) is 8.13. The summed E-state index contributed by atoms with van der Waals surface area (Å²) in [4.78, 5) is 71.6. The van der Waals surface area contributed by atoms with E-state index < -0.39 is 81.5 Å². The van der Waals surface area contributed by atoms with Crippen LogP contribution in [0.25, 0.3) is 0 Å². The van der Waals surface area contributed by atoms with Gasteiger partial charge in [0.25, 0.3) is 9.70 Å². The van der Waals surface area contributed by atoms with Crippen molar-refractivity contribution in [1.82, 2.24) is 5.32 Å². The van der Waals surface area contributed by atoms with E-state index in [2.05, 4.69) is 5.32 Å². The Morgan fingerprint density at radius 3 is 2.03 bits per heavy atom. The second-order valence-corrected chi connectivity index (χ2v) is 11.9. The maximum Gasteiger partial charge on any atom is 0.348 e. The van der Waals surface area contributed by atoms with Crippen molar-refractivity contribution in [3.05, 3.63) is 0 Å². The Kier molecular flexibility index (Phi) is 13.6. The first kappa shape index (κ1) is 35.0. The number of nitrogens with one attached hydrogen (secondary N) is 1. The molecule has 17 heteroatoms. The van der Waals surface area contributed by atoms with Crippen LogP contribution in [0.15, 0.2) is 0 Å². The van der Waals surface area contributed by atoms with Crippen molar-refractivity contribution in [2.45, 2.75) is 80.2 Å². The van der Waals surface area contributed by atoms with Crippen molar-refractivity contribution in [2.24, 2.45) is 0 Å². The number of rotatable bonds is 11. The van der Waals surface area contributed by atoms with Crippen LogP contribution >= 0.6 is 46.6 Å². The zero-order valence-electron chi connectivity index (χ0n) is 21.9. The molecule has 1 aliphatic rings. The first-order valence-electron chi connectivity index (χ1n) is 11.4. The molecule has 39 heavy (non-hydrogen) atoms. The van der Waals surface area contributed by atoms with Crippen LogP contribution in [0, 0.1) is 0 Å². The van der Waals surface area contributed by atoms with Gasteiger partial charge in [0.1, 0.15) is 18.8 Å². The fourth-order valence-electron chi connectivity index (χ4n) is 3.78. The van der Waals surface area contributed by atoms with Crippen LogP contribution in [0.4, 0.5) is 0 Å². The van der Waals surface area contributed by atoms with E-state index in [0.29, 0.717) is 5.75 Å². The number of amides is 1. The molecule has 0 spiro atoms. The lowest BCUT2D eigenvalue weighted by molar-refractivity contribution is -0.224. The predicted molar refractivity (Wildman–Crippen MR) is 138 cm³/mol. The van der Waals surface area contributed by atoms with Gasteiger partial charge in [0.15, 0.2) is 12.2 Å². The average Bonchev–Trinajstić information content (AvgIpc) is 2.79. The van der Waals surface area contributed by atoms with Gasteiger partial charge in [-0.15, -0.1) is 11.8 Å². The van der Waals surface area contributed by atoms with Crippen molar-refractivity contribution < 1.29 is 57.2 Å². The Morgan fingerprint density at radius 1 is 1.00 bits per heavy atom. The van der Waals surface area contributed by atoms with Gasteiger partial charge in [0.2, 0.25) is 4.93 Å². The number of carbonyl (C=O) groups excluding carboxylic acids is 6. The van der Waals surface area contributed by atoms with Crippen LogP contribution < -0.4 is 5.32 Å². The van der Waals surface area contributed by atoms with Crippen molar-refractivity contribution in [2.75, 3.05) is 19.5 Å². The summed E-state index contributed by atoms with van der Waals surface area (Å²) in [7, 11) is 1.10. The summed E-state index contributed by atoms with van der Waals surface area (Å²) in [6.45, 7) is 5.32. The van der Waals surface area contributed by atoms with Crippen LogP contribution in [0.2, 0.25) is 0 Å². The van der Waals surface area contributed by atoms with Crippen LogP contribution in [-0.2, 0) is 57.2 Å². The number of esters is 5. The predicted octanol–water partition coefficient (Wildman–Crippen LogP) is 1.61. The minimum absolute atomic E-state index is 0.291. The summed E-state index contributed by atoms with van der Waals surface area (Å²) in [5.41, 5.74) is 0. The summed E-state index contributed by atoms with van der Waals surface area (Å²) >= 11 is 18.2. The molecule has 13 nitrogen and oxygen atoms in total. The zero-order valence-corrected chi connectivity index (χ0v) is 25.0. The quantitative estimate of drug-likeness (QED) is 0.197. The van der Waals surface area contributed by atoms with Gasteiger partial charge in [-0.3, -0.25) is 24.0 Å². The highest BCUT2D eigenvalue weighted by Crippen LogP contribution is 2.43.